The Morgan fingerprint density at radius 3 is 2.62 bits per heavy atom. The molecule has 1 aliphatic rings. The van der Waals surface area contributed by atoms with Crippen LogP contribution in [0.2, 0.25) is 0 Å². The first-order valence-electron chi connectivity index (χ1n) is 6.52. The monoisotopic (exact) mass is 217 g/mol. The van der Waals surface area contributed by atoms with E-state index in [0.717, 1.165) is 0 Å². The highest BCUT2D eigenvalue weighted by Gasteiger charge is 2.16. The highest BCUT2D eigenvalue weighted by molar-refractivity contribution is 5.34. The molecule has 88 valence electrons. The summed E-state index contributed by atoms with van der Waals surface area (Å²) in [5.74, 6) is 0.632. The quantitative estimate of drug-likeness (QED) is 0.791. The van der Waals surface area contributed by atoms with Gasteiger partial charge in [0.05, 0.1) is 0 Å². The summed E-state index contributed by atoms with van der Waals surface area (Å²) < 4.78 is 0. The normalized spacial score (nSPS) is 21.4. The molecule has 0 aliphatic carbocycles. The lowest BCUT2D eigenvalue weighted by Gasteiger charge is -2.25. The van der Waals surface area contributed by atoms with Crippen LogP contribution < -0.4 is 5.32 Å². The lowest BCUT2D eigenvalue weighted by atomic mass is 9.91. The Morgan fingerprint density at radius 1 is 1.25 bits per heavy atom. The Bertz CT molecular complexity index is 348. The minimum Gasteiger partial charge on any atom is -0.310 e. The maximum atomic E-state index is 3.62. The van der Waals surface area contributed by atoms with E-state index in [1.807, 2.05) is 0 Å². The summed E-state index contributed by atoms with van der Waals surface area (Å²) in [4.78, 5) is 0. The molecule has 1 N–H and O–H groups in total. The van der Waals surface area contributed by atoms with Gasteiger partial charge in [-0.3, -0.25) is 0 Å². The molecule has 0 amide bonds. The van der Waals surface area contributed by atoms with Crippen LogP contribution >= 0.6 is 0 Å². The molecule has 0 spiro atoms. The summed E-state index contributed by atoms with van der Waals surface area (Å²) >= 11 is 0. The summed E-state index contributed by atoms with van der Waals surface area (Å²) in [6.07, 6.45) is 3.99. The van der Waals surface area contributed by atoms with Gasteiger partial charge in [0.1, 0.15) is 0 Å². The van der Waals surface area contributed by atoms with Crippen LogP contribution in [0.3, 0.4) is 0 Å². The van der Waals surface area contributed by atoms with Crippen LogP contribution in [0.1, 0.15) is 61.8 Å². The number of aryl methyl sites for hydroxylation is 1. The van der Waals surface area contributed by atoms with Gasteiger partial charge in [-0.05, 0) is 48.9 Å². The SMILES string of the molecule is Cc1cc(C(C)C)ccc1C1CCCCN1. The fourth-order valence-corrected chi connectivity index (χ4v) is 2.57. The van der Waals surface area contributed by atoms with Gasteiger partial charge < -0.3 is 5.32 Å². The summed E-state index contributed by atoms with van der Waals surface area (Å²) in [7, 11) is 0. The summed E-state index contributed by atoms with van der Waals surface area (Å²) in [5.41, 5.74) is 4.41. The molecular weight excluding hydrogens is 194 g/mol. The van der Waals surface area contributed by atoms with Crippen molar-refractivity contribution < 1.29 is 0 Å². The number of rotatable bonds is 2. The molecule has 0 bridgehead atoms. The van der Waals surface area contributed by atoms with Gasteiger partial charge in [-0.1, -0.05) is 38.5 Å². The maximum absolute atomic E-state index is 3.62. The van der Waals surface area contributed by atoms with Crippen molar-refractivity contribution in [3.63, 3.8) is 0 Å². The lowest BCUT2D eigenvalue weighted by Crippen LogP contribution is -2.27. The molecular formula is C15H23N. The van der Waals surface area contributed by atoms with Gasteiger partial charge >= 0.3 is 0 Å². The summed E-state index contributed by atoms with van der Waals surface area (Å²) in [6.45, 7) is 7.94. The van der Waals surface area contributed by atoms with Crippen LogP contribution in [-0.2, 0) is 0 Å². The standard InChI is InChI=1S/C15H23N/c1-11(2)13-7-8-14(12(3)10-13)15-6-4-5-9-16-15/h7-8,10-11,15-16H,4-6,9H2,1-3H3. The van der Waals surface area contributed by atoms with Crippen molar-refractivity contribution in [2.45, 2.75) is 52.0 Å². The molecule has 1 heterocycles. The highest BCUT2D eigenvalue weighted by Crippen LogP contribution is 2.27. The van der Waals surface area contributed by atoms with Crippen LogP contribution in [0.15, 0.2) is 18.2 Å². The molecule has 1 fully saturated rings. The molecule has 1 aliphatic heterocycles. The van der Waals surface area contributed by atoms with Gasteiger partial charge in [-0.15, -0.1) is 0 Å². The predicted molar refractivity (Wildman–Crippen MR) is 69.9 cm³/mol. The summed E-state index contributed by atoms with van der Waals surface area (Å²) in [6, 6.07) is 7.57. The second-order valence-corrected chi connectivity index (χ2v) is 5.27. The second-order valence-electron chi connectivity index (χ2n) is 5.27. The maximum Gasteiger partial charge on any atom is 0.0322 e. The number of piperidine rings is 1. The van der Waals surface area contributed by atoms with Gasteiger partial charge in [0, 0.05) is 6.04 Å². The third-order valence-corrected chi connectivity index (χ3v) is 3.65. The van der Waals surface area contributed by atoms with Crippen molar-refractivity contribution in [3.8, 4) is 0 Å². The lowest BCUT2D eigenvalue weighted by molar-refractivity contribution is 0.411. The molecule has 0 aromatic heterocycles. The van der Waals surface area contributed by atoms with E-state index in [1.54, 1.807) is 0 Å². The minimum absolute atomic E-state index is 0.593. The molecule has 1 atom stereocenters. The van der Waals surface area contributed by atoms with Crippen molar-refractivity contribution in [2.75, 3.05) is 6.54 Å². The molecule has 0 saturated carbocycles. The number of benzene rings is 1. The number of hydrogen-bond acceptors (Lipinski definition) is 1. The van der Waals surface area contributed by atoms with Gasteiger partial charge in [-0.2, -0.15) is 0 Å². The molecule has 2 rings (SSSR count). The van der Waals surface area contributed by atoms with Crippen LogP contribution in [0.5, 0.6) is 0 Å². The fraction of sp³-hybridized carbons (Fsp3) is 0.600. The van der Waals surface area contributed by atoms with Crippen molar-refractivity contribution >= 4 is 0 Å². The Kier molecular flexibility index (Phi) is 3.65. The van der Waals surface area contributed by atoms with E-state index in [0.29, 0.717) is 12.0 Å². The van der Waals surface area contributed by atoms with Gasteiger partial charge in [0.25, 0.3) is 0 Å². The first-order valence-corrected chi connectivity index (χ1v) is 6.52. The van der Waals surface area contributed by atoms with Crippen molar-refractivity contribution in [1.29, 1.82) is 0 Å². The molecule has 0 radical (unpaired) electrons. The fourth-order valence-electron chi connectivity index (χ4n) is 2.57. The molecule has 1 aromatic carbocycles. The van der Waals surface area contributed by atoms with E-state index in [2.05, 4.69) is 44.3 Å². The highest BCUT2D eigenvalue weighted by atomic mass is 14.9. The van der Waals surface area contributed by atoms with E-state index in [-0.39, 0.29) is 0 Å². The van der Waals surface area contributed by atoms with Crippen LogP contribution in [-0.4, -0.2) is 6.54 Å². The number of nitrogens with one attached hydrogen (secondary N) is 1. The van der Waals surface area contributed by atoms with E-state index in [9.17, 15) is 0 Å². The van der Waals surface area contributed by atoms with E-state index in [1.165, 1.54) is 42.5 Å². The van der Waals surface area contributed by atoms with Crippen molar-refractivity contribution in [2.24, 2.45) is 0 Å². The summed E-state index contributed by atoms with van der Waals surface area (Å²) in [5, 5.41) is 3.62. The van der Waals surface area contributed by atoms with E-state index < -0.39 is 0 Å². The van der Waals surface area contributed by atoms with Crippen LogP contribution in [0, 0.1) is 6.92 Å². The minimum atomic E-state index is 0.593. The van der Waals surface area contributed by atoms with Crippen molar-refractivity contribution in [1.82, 2.24) is 5.32 Å². The molecule has 1 heteroatoms. The van der Waals surface area contributed by atoms with Crippen molar-refractivity contribution in [3.05, 3.63) is 34.9 Å². The molecule has 1 aromatic rings. The first kappa shape index (κ1) is 11.7. The Morgan fingerprint density at radius 2 is 2.06 bits per heavy atom. The molecule has 1 nitrogen and oxygen atoms in total. The third kappa shape index (κ3) is 2.46. The molecule has 1 saturated heterocycles. The average molecular weight is 217 g/mol. The van der Waals surface area contributed by atoms with Gasteiger partial charge in [0.15, 0.2) is 0 Å². The van der Waals surface area contributed by atoms with Gasteiger partial charge in [0.2, 0.25) is 0 Å². The van der Waals surface area contributed by atoms with Crippen LogP contribution in [0.25, 0.3) is 0 Å². The average Bonchev–Trinajstić information content (AvgIpc) is 2.30. The third-order valence-electron chi connectivity index (χ3n) is 3.65. The Balaban J connectivity index is 2.21. The number of hydrogen-bond donors (Lipinski definition) is 1. The zero-order valence-corrected chi connectivity index (χ0v) is 10.7. The molecule has 16 heavy (non-hydrogen) atoms. The van der Waals surface area contributed by atoms with Gasteiger partial charge in [-0.25, -0.2) is 0 Å². The topological polar surface area (TPSA) is 12.0 Å². The Labute approximate surface area is 99.3 Å². The molecule has 1 unspecified atom stereocenters. The largest absolute Gasteiger partial charge is 0.310 e. The van der Waals surface area contributed by atoms with Crippen LogP contribution in [0.4, 0.5) is 0 Å². The first-order chi connectivity index (χ1) is 7.68. The zero-order valence-electron chi connectivity index (χ0n) is 10.7. The van der Waals surface area contributed by atoms with E-state index in [4.69, 9.17) is 0 Å². The predicted octanol–water partition coefficient (Wildman–Crippen LogP) is 3.93. The Hall–Kier alpha value is -0.820. The van der Waals surface area contributed by atoms with E-state index >= 15 is 0 Å². The zero-order chi connectivity index (χ0) is 11.5. The smallest absolute Gasteiger partial charge is 0.0322 e. The second kappa shape index (κ2) is 5.01.